The summed E-state index contributed by atoms with van der Waals surface area (Å²) in [4.78, 5) is 0. The van der Waals surface area contributed by atoms with E-state index < -0.39 is 0 Å². The van der Waals surface area contributed by atoms with E-state index in [1.54, 1.807) is 7.11 Å². The van der Waals surface area contributed by atoms with Gasteiger partial charge in [-0.15, -0.1) is 0 Å². The molecule has 0 spiro atoms. The fraction of sp³-hybridized carbons (Fsp3) is 0.600. The van der Waals surface area contributed by atoms with Gasteiger partial charge in [-0.05, 0) is 52.9 Å². The molecule has 0 radical (unpaired) electrons. The van der Waals surface area contributed by atoms with Crippen LogP contribution in [-0.4, -0.2) is 25.9 Å². The predicted molar refractivity (Wildman–Crippen MR) is 85.8 cm³/mol. The van der Waals surface area contributed by atoms with Crippen molar-refractivity contribution < 1.29 is 9.47 Å². The second kappa shape index (κ2) is 8.62. The number of nitrogens with two attached hydrogens (primary N) is 1. The van der Waals surface area contributed by atoms with Crippen molar-refractivity contribution in [3.05, 3.63) is 28.2 Å². The van der Waals surface area contributed by atoms with Crippen molar-refractivity contribution in [1.29, 1.82) is 0 Å². The first kappa shape index (κ1) is 17.4. The van der Waals surface area contributed by atoms with Gasteiger partial charge in [0.15, 0.2) is 0 Å². The van der Waals surface area contributed by atoms with Crippen LogP contribution < -0.4 is 16.0 Å². The average molecular weight is 345 g/mol. The molecule has 0 aliphatic carbocycles. The van der Waals surface area contributed by atoms with Gasteiger partial charge in [0, 0.05) is 6.61 Å². The third kappa shape index (κ3) is 4.74. The van der Waals surface area contributed by atoms with Gasteiger partial charge in [-0.3, -0.25) is 11.3 Å². The molecule has 0 amide bonds. The summed E-state index contributed by atoms with van der Waals surface area (Å²) in [6, 6.07) is 6.15. The highest BCUT2D eigenvalue weighted by Gasteiger charge is 2.24. The van der Waals surface area contributed by atoms with Crippen LogP contribution in [0.25, 0.3) is 0 Å². The smallest absolute Gasteiger partial charge is 0.133 e. The van der Waals surface area contributed by atoms with Crippen molar-refractivity contribution in [2.24, 2.45) is 11.8 Å². The number of hydrogen-bond donors (Lipinski definition) is 2. The van der Waals surface area contributed by atoms with Gasteiger partial charge < -0.3 is 9.47 Å². The summed E-state index contributed by atoms with van der Waals surface area (Å²) in [5, 5.41) is 0. The summed E-state index contributed by atoms with van der Waals surface area (Å²) in [7, 11) is 1.66. The molecule has 5 heteroatoms. The first-order valence-corrected chi connectivity index (χ1v) is 7.72. The van der Waals surface area contributed by atoms with Gasteiger partial charge in [-0.2, -0.15) is 0 Å². The van der Waals surface area contributed by atoms with Crippen LogP contribution in [0.2, 0.25) is 0 Å². The summed E-state index contributed by atoms with van der Waals surface area (Å²) in [5.74, 6) is 6.95. The molecule has 1 rings (SSSR count). The number of halogens is 1. The van der Waals surface area contributed by atoms with E-state index in [1.165, 1.54) is 5.56 Å². The molecule has 0 fully saturated rings. The Morgan fingerprint density at radius 1 is 1.35 bits per heavy atom. The van der Waals surface area contributed by atoms with Crippen LogP contribution in [0.1, 0.15) is 26.3 Å². The highest BCUT2D eigenvalue weighted by atomic mass is 79.9. The molecular formula is C15H25BrN2O2. The van der Waals surface area contributed by atoms with Crippen molar-refractivity contribution in [2.45, 2.75) is 39.3 Å². The molecule has 1 aromatic rings. The lowest BCUT2D eigenvalue weighted by Crippen LogP contribution is -2.48. The molecule has 2 unspecified atom stereocenters. The monoisotopic (exact) mass is 344 g/mol. The minimum Gasteiger partial charge on any atom is -0.496 e. The van der Waals surface area contributed by atoms with Crippen LogP contribution in [-0.2, 0) is 11.2 Å². The third-order valence-electron chi connectivity index (χ3n) is 3.30. The second-order valence-electron chi connectivity index (χ2n) is 5.11. The van der Waals surface area contributed by atoms with Gasteiger partial charge in [-0.1, -0.05) is 19.9 Å². The number of hydrazine groups is 1. The molecule has 0 aliphatic rings. The quantitative estimate of drug-likeness (QED) is 0.562. The Bertz CT molecular complexity index is 413. The largest absolute Gasteiger partial charge is 0.496 e. The molecule has 0 aliphatic heterocycles. The Morgan fingerprint density at radius 3 is 2.50 bits per heavy atom. The fourth-order valence-corrected chi connectivity index (χ4v) is 2.91. The minimum atomic E-state index is 0.0789. The van der Waals surface area contributed by atoms with E-state index in [9.17, 15) is 0 Å². The number of hydrogen-bond acceptors (Lipinski definition) is 4. The van der Waals surface area contributed by atoms with Gasteiger partial charge in [0.1, 0.15) is 5.75 Å². The summed E-state index contributed by atoms with van der Waals surface area (Å²) < 4.78 is 12.0. The Balaban J connectivity index is 2.84. The number of nitrogens with one attached hydrogen (secondary N) is 1. The Morgan fingerprint density at radius 2 is 2.05 bits per heavy atom. The van der Waals surface area contributed by atoms with E-state index in [4.69, 9.17) is 15.3 Å². The highest BCUT2D eigenvalue weighted by molar-refractivity contribution is 9.10. The molecule has 0 bridgehead atoms. The van der Waals surface area contributed by atoms with Crippen LogP contribution in [0.4, 0.5) is 0 Å². The van der Waals surface area contributed by atoms with Crippen molar-refractivity contribution in [3.63, 3.8) is 0 Å². The van der Waals surface area contributed by atoms with Gasteiger partial charge in [-0.25, -0.2) is 0 Å². The van der Waals surface area contributed by atoms with E-state index in [0.29, 0.717) is 12.5 Å². The summed E-state index contributed by atoms with van der Waals surface area (Å²) >= 11 is 3.51. The molecule has 0 aromatic heterocycles. The summed E-state index contributed by atoms with van der Waals surface area (Å²) in [6.45, 7) is 6.99. The van der Waals surface area contributed by atoms with E-state index in [1.807, 2.05) is 13.0 Å². The maximum atomic E-state index is 5.82. The molecule has 0 heterocycles. The lowest BCUT2D eigenvalue weighted by molar-refractivity contribution is 0.00355. The third-order valence-corrected chi connectivity index (χ3v) is 3.92. The molecule has 20 heavy (non-hydrogen) atoms. The van der Waals surface area contributed by atoms with Crippen molar-refractivity contribution in [1.82, 2.24) is 5.43 Å². The first-order valence-electron chi connectivity index (χ1n) is 6.93. The zero-order chi connectivity index (χ0) is 15.1. The fourth-order valence-electron chi connectivity index (χ4n) is 2.33. The van der Waals surface area contributed by atoms with Crippen LogP contribution >= 0.6 is 15.9 Å². The molecule has 3 N–H and O–H groups in total. The zero-order valence-corrected chi connectivity index (χ0v) is 14.2. The molecule has 4 nitrogen and oxygen atoms in total. The van der Waals surface area contributed by atoms with Crippen molar-refractivity contribution in [3.8, 4) is 5.75 Å². The van der Waals surface area contributed by atoms with Crippen LogP contribution in [0.15, 0.2) is 22.7 Å². The second-order valence-corrected chi connectivity index (χ2v) is 5.96. The molecule has 0 saturated carbocycles. The van der Waals surface area contributed by atoms with Gasteiger partial charge in [0.2, 0.25) is 0 Å². The Kier molecular flexibility index (Phi) is 7.51. The SMILES string of the molecule is CCOC(C(C)C)C(Cc1ccc(OC)c(Br)c1)NN. The maximum absolute atomic E-state index is 5.82. The van der Waals surface area contributed by atoms with E-state index in [0.717, 1.165) is 16.6 Å². The van der Waals surface area contributed by atoms with E-state index in [2.05, 4.69) is 47.3 Å². The van der Waals surface area contributed by atoms with Gasteiger partial charge in [0.25, 0.3) is 0 Å². The van der Waals surface area contributed by atoms with Gasteiger partial charge in [0.05, 0.1) is 23.7 Å². The van der Waals surface area contributed by atoms with Crippen molar-refractivity contribution in [2.75, 3.05) is 13.7 Å². The van der Waals surface area contributed by atoms with E-state index in [-0.39, 0.29) is 12.1 Å². The van der Waals surface area contributed by atoms with Crippen LogP contribution in [0.5, 0.6) is 5.75 Å². The molecule has 0 saturated heterocycles. The maximum Gasteiger partial charge on any atom is 0.133 e. The lowest BCUT2D eigenvalue weighted by atomic mass is 9.94. The van der Waals surface area contributed by atoms with Crippen molar-refractivity contribution >= 4 is 15.9 Å². The lowest BCUT2D eigenvalue weighted by Gasteiger charge is -2.29. The molecule has 1 aromatic carbocycles. The number of rotatable bonds is 8. The average Bonchev–Trinajstić information content (AvgIpc) is 2.42. The standard InChI is InChI=1S/C15H25BrN2O2/c1-5-20-15(10(2)3)13(18-17)9-11-6-7-14(19-4)12(16)8-11/h6-8,10,13,15,18H,5,9,17H2,1-4H3. The van der Waals surface area contributed by atoms with E-state index >= 15 is 0 Å². The van der Waals surface area contributed by atoms with Gasteiger partial charge >= 0.3 is 0 Å². The Hall–Kier alpha value is -0.620. The molecular weight excluding hydrogens is 320 g/mol. The summed E-state index contributed by atoms with van der Waals surface area (Å²) in [5.41, 5.74) is 4.08. The number of ether oxygens (including phenoxy) is 2. The topological polar surface area (TPSA) is 56.5 Å². The number of methoxy groups -OCH3 is 1. The predicted octanol–water partition coefficient (Wildman–Crippen LogP) is 2.89. The molecule has 114 valence electrons. The first-order chi connectivity index (χ1) is 9.53. The van der Waals surface area contributed by atoms with Crippen LogP contribution in [0.3, 0.4) is 0 Å². The highest BCUT2D eigenvalue weighted by Crippen LogP contribution is 2.26. The Labute approximate surface area is 130 Å². The number of benzene rings is 1. The normalized spacial score (nSPS) is 14.3. The molecule has 2 atom stereocenters. The minimum absolute atomic E-state index is 0.0789. The van der Waals surface area contributed by atoms with Crippen LogP contribution in [0, 0.1) is 5.92 Å². The zero-order valence-electron chi connectivity index (χ0n) is 12.7. The summed E-state index contributed by atoms with van der Waals surface area (Å²) in [6.07, 6.45) is 0.896.